The number of guanidine groups is 1. The molecule has 0 bridgehead atoms. The molecule has 1 aromatic carbocycles. The van der Waals surface area contributed by atoms with Crippen molar-refractivity contribution in [3.8, 4) is 5.75 Å². The van der Waals surface area contributed by atoms with E-state index in [0.717, 1.165) is 50.9 Å². The molecule has 1 fully saturated rings. The van der Waals surface area contributed by atoms with Crippen LogP contribution in [0.1, 0.15) is 32.8 Å². The zero-order valence-electron chi connectivity index (χ0n) is 18.5. The lowest BCUT2D eigenvalue weighted by Gasteiger charge is -2.22. The highest BCUT2D eigenvalue weighted by molar-refractivity contribution is 5.80. The van der Waals surface area contributed by atoms with Crippen LogP contribution < -0.4 is 15.4 Å². The first kappa shape index (κ1) is 22.5. The third-order valence-electron chi connectivity index (χ3n) is 5.32. The van der Waals surface area contributed by atoms with Gasteiger partial charge in [-0.1, -0.05) is 19.1 Å². The third kappa shape index (κ3) is 7.32. The number of rotatable bonds is 9. The smallest absolute Gasteiger partial charge is 0.191 e. The Kier molecular flexibility index (Phi) is 9.06. The van der Waals surface area contributed by atoms with E-state index in [0.29, 0.717) is 18.0 Å². The van der Waals surface area contributed by atoms with Crippen LogP contribution in [0.25, 0.3) is 0 Å². The van der Waals surface area contributed by atoms with Crippen LogP contribution in [0, 0.1) is 5.92 Å². The average molecular weight is 390 g/mol. The number of likely N-dealkylation sites (tertiary alicyclic amines) is 1. The number of nitrogens with one attached hydrogen (secondary N) is 2. The molecular formula is C22H39N5O. The highest BCUT2D eigenvalue weighted by Crippen LogP contribution is 2.18. The Morgan fingerprint density at radius 1 is 1.25 bits per heavy atom. The predicted molar refractivity (Wildman–Crippen MR) is 118 cm³/mol. The number of hydrogen-bond acceptors (Lipinski definition) is 4. The van der Waals surface area contributed by atoms with Crippen molar-refractivity contribution in [3.63, 3.8) is 0 Å². The maximum Gasteiger partial charge on any atom is 0.191 e. The van der Waals surface area contributed by atoms with E-state index in [4.69, 9.17) is 4.74 Å². The van der Waals surface area contributed by atoms with E-state index in [1.807, 2.05) is 19.2 Å². The summed E-state index contributed by atoms with van der Waals surface area (Å²) in [6.07, 6.45) is 1.03. The SMILES string of the molecule is CN=C(NCc1ccc(OCCCN(C)C)cc1)NC1CN(C(C)C)CC1C. The largest absolute Gasteiger partial charge is 0.494 e. The Bertz CT molecular complexity index is 599. The number of aliphatic imine (C=N–C) groups is 1. The van der Waals surface area contributed by atoms with Crippen molar-refractivity contribution < 1.29 is 4.74 Å². The molecule has 158 valence electrons. The molecule has 28 heavy (non-hydrogen) atoms. The summed E-state index contributed by atoms with van der Waals surface area (Å²) in [7, 11) is 6.00. The van der Waals surface area contributed by atoms with E-state index in [-0.39, 0.29) is 0 Å². The van der Waals surface area contributed by atoms with Gasteiger partial charge in [0.1, 0.15) is 5.75 Å². The van der Waals surface area contributed by atoms with Gasteiger partial charge in [-0.25, -0.2) is 0 Å². The van der Waals surface area contributed by atoms with Gasteiger partial charge in [0.2, 0.25) is 0 Å². The van der Waals surface area contributed by atoms with Crippen molar-refractivity contribution in [2.24, 2.45) is 10.9 Å². The fraction of sp³-hybridized carbons (Fsp3) is 0.682. The second-order valence-corrected chi connectivity index (χ2v) is 8.35. The van der Waals surface area contributed by atoms with Gasteiger partial charge in [0.05, 0.1) is 6.61 Å². The van der Waals surface area contributed by atoms with Crippen molar-refractivity contribution in [2.45, 2.75) is 45.8 Å². The molecule has 0 amide bonds. The highest BCUT2D eigenvalue weighted by atomic mass is 16.5. The van der Waals surface area contributed by atoms with Gasteiger partial charge >= 0.3 is 0 Å². The van der Waals surface area contributed by atoms with Crippen LogP contribution >= 0.6 is 0 Å². The summed E-state index contributed by atoms with van der Waals surface area (Å²) in [5.41, 5.74) is 1.21. The number of ether oxygens (including phenoxy) is 1. The molecule has 2 atom stereocenters. The highest BCUT2D eigenvalue weighted by Gasteiger charge is 2.31. The van der Waals surface area contributed by atoms with E-state index >= 15 is 0 Å². The van der Waals surface area contributed by atoms with Crippen LogP contribution in [0.5, 0.6) is 5.75 Å². The first-order valence-corrected chi connectivity index (χ1v) is 10.5. The Morgan fingerprint density at radius 2 is 1.96 bits per heavy atom. The summed E-state index contributed by atoms with van der Waals surface area (Å²) in [6, 6.07) is 9.34. The van der Waals surface area contributed by atoms with Crippen LogP contribution in [0.15, 0.2) is 29.3 Å². The maximum absolute atomic E-state index is 5.80. The van der Waals surface area contributed by atoms with Crippen molar-refractivity contribution in [1.82, 2.24) is 20.4 Å². The standard InChI is InChI=1S/C22H39N5O/c1-17(2)27-15-18(3)21(16-27)25-22(23-4)24-14-19-8-10-20(11-9-19)28-13-7-12-26(5)6/h8-11,17-18,21H,7,12-16H2,1-6H3,(H2,23,24,25). The molecule has 0 saturated carbocycles. The first-order chi connectivity index (χ1) is 13.4. The summed E-state index contributed by atoms with van der Waals surface area (Å²) in [5, 5.41) is 7.03. The van der Waals surface area contributed by atoms with Crippen molar-refractivity contribution >= 4 is 5.96 Å². The molecule has 2 rings (SSSR count). The molecule has 0 radical (unpaired) electrons. The number of hydrogen-bond donors (Lipinski definition) is 2. The lowest BCUT2D eigenvalue weighted by atomic mass is 10.1. The summed E-state index contributed by atoms with van der Waals surface area (Å²) < 4.78 is 5.80. The van der Waals surface area contributed by atoms with Crippen LogP contribution in [0.2, 0.25) is 0 Å². The molecule has 2 unspecified atom stereocenters. The Morgan fingerprint density at radius 3 is 2.54 bits per heavy atom. The van der Waals surface area contributed by atoms with Gasteiger partial charge in [0.15, 0.2) is 5.96 Å². The molecule has 1 heterocycles. The first-order valence-electron chi connectivity index (χ1n) is 10.5. The Balaban J connectivity index is 1.75. The van der Waals surface area contributed by atoms with Gasteiger partial charge in [-0.2, -0.15) is 0 Å². The van der Waals surface area contributed by atoms with Crippen LogP contribution in [0.4, 0.5) is 0 Å². The fourth-order valence-electron chi connectivity index (χ4n) is 3.44. The molecule has 0 spiro atoms. The molecule has 0 aliphatic carbocycles. The molecule has 1 aromatic rings. The van der Waals surface area contributed by atoms with E-state index in [1.165, 1.54) is 5.56 Å². The van der Waals surface area contributed by atoms with Gasteiger partial charge < -0.3 is 20.3 Å². The molecule has 0 aromatic heterocycles. The summed E-state index contributed by atoms with van der Waals surface area (Å²) in [5.74, 6) is 2.41. The monoisotopic (exact) mass is 389 g/mol. The van der Waals surface area contributed by atoms with Gasteiger partial charge in [-0.3, -0.25) is 9.89 Å². The topological polar surface area (TPSA) is 52.1 Å². The van der Waals surface area contributed by atoms with Crippen molar-refractivity contribution in [2.75, 3.05) is 47.4 Å². The van der Waals surface area contributed by atoms with Crippen molar-refractivity contribution in [3.05, 3.63) is 29.8 Å². The van der Waals surface area contributed by atoms with Gasteiger partial charge in [-0.15, -0.1) is 0 Å². The second-order valence-electron chi connectivity index (χ2n) is 8.35. The zero-order valence-corrected chi connectivity index (χ0v) is 18.5. The predicted octanol–water partition coefficient (Wildman–Crippen LogP) is 2.41. The molecular weight excluding hydrogens is 350 g/mol. The maximum atomic E-state index is 5.80. The third-order valence-corrected chi connectivity index (χ3v) is 5.32. The van der Waals surface area contributed by atoms with E-state index in [1.54, 1.807) is 0 Å². The van der Waals surface area contributed by atoms with E-state index < -0.39 is 0 Å². The van der Waals surface area contributed by atoms with Crippen LogP contribution in [-0.2, 0) is 6.54 Å². The average Bonchev–Trinajstić information content (AvgIpc) is 3.04. The normalized spacial score (nSPS) is 20.8. The summed E-state index contributed by atoms with van der Waals surface area (Å²) in [6.45, 7) is 11.6. The van der Waals surface area contributed by atoms with Crippen molar-refractivity contribution in [1.29, 1.82) is 0 Å². The fourth-order valence-corrected chi connectivity index (χ4v) is 3.44. The Labute approximate surface area is 171 Å². The van der Waals surface area contributed by atoms with Gasteiger partial charge in [-0.05, 0) is 58.0 Å². The van der Waals surface area contributed by atoms with E-state index in [9.17, 15) is 0 Å². The molecule has 6 nitrogen and oxygen atoms in total. The Hall–Kier alpha value is -1.79. The minimum atomic E-state index is 0.437. The zero-order chi connectivity index (χ0) is 20.5. The lowest BCUT2D eigenvalue weighted by molar-refractivity contribution is 0.265. The van der Waals surface area contributed by atoms with E-state index in [2.05, 4.69) is 72.4 Å². The molecule has 1 aliphatic heterocycles. The van der Waals surface area contributed by atoms with Gasteiger partial charge in [0.25, 0.3) is 0 Å². The lowest BCUT2D eigenvalue weighted by Crippen LogP contribution is -2.46. The van der Waals surface area contributed by atoms with Crippen LogP contribution in [0.3, 0.4) is 0 Å². The molecule has 6 heteroatoms. The minimum Gasteiger partial charge on any atom is -0.494 e. The molecule has 1 saturated heterocycles. The van der Waals surface area contributed by atoms with Gasteiger partial charge in [0, 0.05) is 45.3 Å². The second kappa shape index (κ2) is 11.3. The summed E-state index contributed by atoms with van der Waals surface area (Å²) >= 11 is 0. The number of nitrogens with zero attached hydrogens (tertiary/aromatic N) is 3. The molecule has 1 aliphatic rings. The molecule has 2 N–H and O–H groups in total. The minimum absolute atomic E-state index is 0.437. The number of benzene rings is 1. The van der Waals surface area contributed by atoms with Crippen LogP contribution in [-0.4, -0.2) is 75.2 Å². The quantitative estimate of drug-likeness (QED) is 0.386. The summed E-state index contributed by atoms with van der Waals surface area (Å²) in [4.78, 5) is 9.09.